The van der Waals surface area contributed by atoms with Gasteiger partial charge in [0.15, 0.2) is 5.96 Å². The van der Waals surface area contributed by atoms with Gasteiger partial charge in [-0.2, -0.15) is 0 Å². The molecule has 10 heteroatoms. The number of nitrogens with zero attached hydrogens (tertiary/aromatic N) is 2. The number of rotatable bonds is 7. The van der Waals surface area contributed by atoms with Gasteiger partial charge in [-0.15, -0.1) is 11.3 Å². The lowest BCUT2D eigenvalue weighted by Gasteiger charge is -2.12. The maximum absolute atomic E-state index is 13.5. The van der Waals surface area contributed by atoms with Crippen molar-refractivity contribution in [2.45, 2.75) is 27.3 Å². The number of sulfonamides is 1. The van der Waals surface area contributed by atoms with Crippen LogP contribution in [0.4, 0.5) is 10.1 Å². The number of hydrogen-bond acceptors (Lipinski definition) is 5. The first-order valence-corrected chi connectivity index (χ1v) is 10.8. The number of benzene rings is 1. The van der Waals surface area contributed by atoms with Crippen LogP contribution in [-0.4, -0.2) is 38.7 Å². The number of hydrogen-bond donors (Lipinski definition) is 3. The van der Waals surface area contributed by atoms with Crippen LogP contribution >= 0.6 is 11.3 Å². The van der Waals surface area contributed by atoms with E-state index >= 15 is 0 Å². The molecule has 0 spiro atoms. The maximum atomic E-state index is 13.5. The van der Waals surface area contributed by atoms with Crippen LogP contribution in [-0.2, 0) is 16.6 Å². The van der Waals surface area contributed by atoms with Gasteiger partial charge in [-0.05, 0) is 38.5 Å². The van der Waals surface area contributed by atoms with Crippen molar-refractivity contribution in [3.63, 3.8) is 0 Å². The quantitative estimate of drug-likeness (QED) is 0.478. The lowest BCUT2D eigenvalue weighted by Crippen LogP contribution is -2.39. The van der Waals surface area contributed by atoms with Gasteiger partial charge in [0.1, 0.15) is 5.82 Å². The minimum absolute atomic E-state index is 0.157. The number of aryl methyl sites for hydroxylation is 3. The Kier molecular flexibility index (Phi) is 7.14. The van der Waals surface area contributed by atoms with E-state index in [2.05, 4.69) is 25.3 Å². The zero-order chi connectivity index (χ0) is 20.0. The monoisotopic (exact) mass is 413 g/mol. The van der Waals surface area contributed by atoms with Gasteiger partial charge in [0.2, 0.25) is 10.0 Å². The second kappa shape index (κ2) is 9.14. The molecule has 2 rings (SSSR count). The number of aliphatic imine (C=N–C) groups is 1. The summed E-state index contributed by atoms with van der Waals surface area (Å²) in [6, 6.07) is 4.23. The molecule has 27 heavy (non-hydrogen) atoms. The lowest BCUT2D eigenvalue weighted by molar-refractivity contribution is 0.599. The van der Waals surface area contributed by atoms with Crippen LogP contribution in [0.2, 0.25) is 0 Å². The van der Waals surface area contributed by atoms with Crippen molar-refractivity contribution in [3.8, 4) is 0 Å². The normalized spacial score (nSPS) is 12.1. The summed E-state index contributed by atoms with van der Waals surface area (Å²) in [6.07, 6.45) is 0. The summed E-state index contributed by atoms with van der Waals surface area (Å²) < 4.78 is 40.2. The first-order chi connectivity index (χ1) is 12.7. The molecule has 0 fully saturated rings. The van der Waals surface area contributed by atoms with Crippen molar-refractivity contribution in [2.75, 3.05) is 24.1 Å². The van der Waals surface area contributed by atoms with Crippen molar-refractivity contribution in [3.05, 3.63) is 45.2 Å². The summed E-state index contributed by atoms with van der Waals surface area (Å²) in [6.45, 7) is 6.23. The van der Waals surface area contributed by atoms with Crippen LogP contribution in [0.1, 0.15) is 21.1 Å². The van der Waals surface area contributed by atoms with Gasteiger partial charge in [-0.25, -0.2) is 17.8 Å². The zero-order valence-electron chi connectivity index (χ0n) is 15.8. The highest BCUT2D eigenvalue weighted by atomic mass is 32.2. The van der Waals surface area contributed by atoms with E-state index in [1.807, 2.05) is 13.8 Å². The average Bonchev–Trinajstić information content (AvgIpc) is 2.91. The molecule has 0 aliphatic rings. The third-order valence-corrected chi connectivity index (χ3v) is 6.11. The van der Waals surface area contributed by atoms with Gasteiger partial charge in [0, 0.05) is 18.5 Å². The van der Waals surface area contributed by atoms with Crippen LogP contribution in [0.15, 0.2) is 23.2 Å². The Hall–Kier alpha value is -2.20. The third-order valence-electron chi connectivity index (χ3n) is 3.75. The molecule has 0 saturated carbocycles. The molecule has 0 aliphatic carbocycles. The van der Waals surface area contributed by atoms with Crippen molar-refractivity contribution < 1.29 is 12.8 Å². The van der Waals surface area contributed by atoms with E-state index in [0.29, 0.717) is 18.1 Å². The first kappa shape index (κ1) is 21.1. The highest BCUT2D eigenvalue weighted by Crippen LogP contribution is 2.16. The number of halogens is 1. The predicted octanol–water partition coefficient (Wildman–Crippen LogP) is 2.31. The topological polar surface area (TPSA) is 95.5 Å². The van der Waals surface area contributed by atoms with Crippen LogP contribution < -0.4 is 15.4 Å². The van der Waals surface area contributed by atoms with Crippen molar-refractivity contribution >= 4 is 33.0 Å². The molecular weight excluding hydrogens is 389 g/mol. The molecule has 0 atom stereocenters. The molecule has 0 bridgehead atoms. The molecule has 3 N–H and O–H groups in total. The van der Waals surface area contributed by atoms with Gasteiger partial charge in [0.05, 0.1) is 28.7 Å². The van der Waals surface area contributed by atoms with Crippen LogP contribution in [0.5, 0.6) is 0 Å². The second-order valence-electron chi connectivity index (χ2n) is 5.98. The SMILES string of the molecule is CN=C(NCCS(=O)(=O)Nc1ccc(C)c(F)c1)NCc1sc(C)nc1C. The van der Waals surface area contributed by atoms with Crippen molar-refractivity contribution in [2.24, 2.45) is 4.99 Å². The Balaban J connectivity index is 1.83. The molecule has 0 aliphatic heterocycles. The summed E-state index contributed by atoms with van der Waals surface area (Å²) in [4.78, 5) is 9.55. The Morgan fingerprint density at radius 1 is 1.26 bits per heavy atom. The number of anilines is 1. The molecule has 1 aromatic heterocycles. The van der Waals surface area contributed by atoms with E-state index in [-0.39, 0.29) is 18.0 Å². The molecule has 1 heterocycles. The Labute approximate surface area is 163 Å². The number of nitrogens with one attached hydrogen (secondary N) is 3. The maximum Gasteiger partial charge on any atom is 0.234 e. The van der Waals surface area contributed by atoms with Gasteiger partial charge < -0.3 is 10.6 Å². The molecule has 1 aromatic carbocycles. The van der Waals surface area contributed by atoms with E-state index in [1.54, 1.807) is 25.3 Å². The summed E-state index contributed by atoms with van der Waals surface area (Å²) in [5.74, 6) is -0.134. The average molecular weight is 414 g/mol. The predicted molar refractivity (Wildman–Crippen MR) is 108 cm³/mol. The van der Waals surface area contributed by atoms with E-state index in [4.69, 9.17) is 0 Å². The van der Waals surface area contributed by atoms with Gasteiger partial charge in [0.25, 0.3) is 0 Å². The minimum atomic E-state index is -3.61. The third kappa shape index (κ3) is 6.47. The summed E-state index contributed by atoms with van der Waals surface area (Å²) in [5, 5.41) is 7.09. The number of thiazole rings is 1. The fraction of sp³-hybridized carbons (Fsp3) is 0.412. The Morgan fingerprint density at radius 2 is 2.00 bits per heavy atom. The van der Waals surface area contributed by atoms with Crippen LogP contribution in [0.3, 0.4) is 0 Å². The molecule has 2 aromatic rings. The van der Waals surface area contributed by atoms with E-state index in [1.165, 1.54) is 18.2 Å². The molecule has 7 nitrogen and oxygen atoms in total. The lowest BCUT2D eigenvalue weighted by atomic mass is 10.2. The Morgan fingerprint density at radius 3 is 2.59 bits per heavy atom. The summed E-state index contributed by atoms with van der Waals surface area (Å²) >= 11 is 1.61. The van der Waals surface area contributed by atoms with E-state index in [0.717, 1.165) is 15.6 Å². The van der Waals surface area contributed by atoms with E-state index in [9.17, 15) is 12.8 Å². The molecule has 148 valence electrons. The molecule has 0 radical (unpaired) electrons. The summed E-state index contributed by atoms with van der Waals surface area (Å²) in [5.41, 5.74) is 1.63. The highest BCUT2D eigenvalue weighted by Gasteiger charge is 2.12. The fourth-order valence-electron chi connectivity index (χ4n) is 2.31. The zero-order valence-corrected chi connectivity index (χ0v) is 17.4. The van der Waals surface area contributed by atoms with Gasteiger partial charge in [-0.1, -0.05) is 6.07 Å². The van der Waals surface area contributed by atoms with E-state index < -0.39 is 15.8 Å². The first-order valence-electron chi connectivity index (χ1n) is 8.34. The van der Waals surface area contributed by atoms with Crippen molar-refractivity contribution in [1.82, 2.24) is 15.6 Å². The highest BCUT2D eigenvalue weighted by molar-refractivity contribution is 7.92. The molecular formula is C17H24FN5O2S2. The number of aromatic nitrogens is 1. The molecule has 0 amide bonds. The molecule has 0 unspecified atom stereocenters. The summed E-state index contributed by atoms with van der Waals surface area (Å²) in [7, 11) is -2.00. The van der Waals surface area contributed by atoms with Crippen molar-refractivity contribution in [1.29, 1.82) is 0 Å². The van der Waals surface area contributed by atoms with Crippen LogP contribution in [0, 0.1) is 26.6 Å². The van der Waals surface area contributed by atoms with Gasteiger partial charge >= 0.3 is 0 Å². The standard InChI is InChI=1S/C17H24FN5O2S2/c1-11-5-6-14(9-15(11)18)23-27(24,25)8-7-20-17(19-4)21-10-16-12(2)22-13(3)26-16/h5-6,9,23H,7-8,10H2,1-4H3,(H2,19,20,21). The minimum Gasteiger partial charge on any atom is -0.355 e. The number of guanidine groups is 1. The second-order valence-corrected chi connectivity index (χ2v) is 9.11. The Bertz CT molecular complexity index is 925. The smallest absolute Gasteiger partial charge is 0.234 e. The van der Waals surface area contributed by atoms with Crippen LogP contribution in [0.25, 0.3) is 0 Å². The largest absolute Gasteiger partial charge is 0.355 e. The van der Waals surface area contributed by atoms with Gasteiger partial charge in [-0.3, -0.25) is 9.71 Å². The molecule has 0 saturated heterocycles. The fourth-order valence-corrected chi connectivity index (χ4v) is 4.15.